The SMILES string of the molecule is Cc1cccc(C(NN)c2ccoc2Br)c1C. The molecule has 4 heteroatoms. The van der Waals surface area contributed by atoms with E-state index in [1.165, 1.54) is 11.1 Å². The Hall–Kier alpha value is -1.10. The first-order chi connectivity index (χ1) is 8.15. The first-order valence-corrected chi connectivity index (χ1v) is 6.19. The molecule has 0 aliphatic carbocycles. The molecule has 1 unspecified atom stereocenters. The highest BCUT2D eigenvalue weighted by molar-refractivity contribution is 9.10. The van der Waals surface area contributed by atoms with Gasteiger partial charge in [-0.2, -0.15) is 0 Å². The van der Waals surface area contributed by atoms with Gasteiger partial charge in [-0.25, -0.2) is 5.43 Å². The molecule has 0 aliphatic rings. The summed E-state index contributed by atoms with van der Waals surface area (Å²) < 4.78 is 5.97. The van der Waals surface area contributed by atoms with Crippen molar-refractivity contribution in [1.29, 1.82) is 0 Å². The number of furan rings is 1. The van der Waals surface area contributed by atoms with Gasteiger partial charge in [-0.05, 0) is 52.5 Å². The maximum Gasteiger partial charge on any atom is 0.174 e. The van der Waals surface area contributed by atoms with Gasteiger partial charge in [0.05, 0.1) is 12.3 Å². The van der Waals surface area contributed by atoms with E-state index in [4.69, 9.17) is 10.3 Å². The van der Waals surface area contributed by atoms with Crippen molar-refractivity contribution >= 4 is 15.9 Å². The Labute approximate surface area is 109 Å². The summed E-state index contributed by atoms with van der Waals surface area (Å²) in [6.07, 6.45) is 1.65. The van der Waals surface area contributed by atoms with Gasteiger partial charge in [-0.15, -0.1) is 0 Å². The zero-order valence-corrected chi connectivity index (χ0v) is 11.4. The standard InChI is InChI=1S/C13H15BrN2O/c1-8-4-3-5-10(9(8)2)12(16-15)11-6-7-17-13(11)14/h3-7,12,16H,15H2,1-2H3. The summed E-state index contributed by atoms with van der Waals surface area (Å²) in [5.74, 6) is 5.67. The fraction of sp³-hybridized carbons (Fsp3) is 0.231. The van der Waals surface area contributed by atoms with Crippen LogP contribution in [0.2, 0.25) is 0 Å². The fourth-order valence-electron chi connectivity index (χ4n) is 1.94. The van der Waals surface area contributed by atoms with Gasteiger partial charge >= 0.3 is 0 Å². The molecule has 2 aromatic rings. The van der Waals surface area contributed by atoms with Crippen LogP contribution in [0.4, 0.5) is 0 Å². The van der Waals surface area contributed by atoms with Crippen LogP contribution in [0.1, 0.15) is 28.3 Å². The van der Waals surface area contributed by atoms with Gasteiger partial charge in [0.2, 0.25) is 0 Å². The Morgan fingerprint density at radius 3 is 2.59 bits per heavy atom. The highest BCUT2D eigenvalue weighted by atomic mass is 79.9. The van der Waals surface area contributed by atoms with Gasteiger partial charge < -0.3 is 4.42 Å². The number of hydrogen-bond donors (Lipinski definition) is 2. The molecule has 1 heterocycles. The normalized spacial score (nSPS) is 12.7. The highest BCUT2D eigenvalue weighted by Crippen LogP contribution is 2.31. The summed E-state index contributed by atoms with van der Waals surface area (Å²) in [7, 11) is 0. The molecule has 0 spiro atoms. The van der Waals surface area contributed by atoms with Crippen LogP contribution in [0.25, 0.3) is 0 Å². The maximum absolute atomic E-state index is 5.67. The van der Waals surface area contributed by atoms with E-state index in [0.29, 0.717) is 4.67 Å². The summed E-state index contributed by atoms with van der Waals surface area (Å²) >= 11 is 3.39. The summed E-state index contributed by atoms with van der Waals surface area (Å²) in [6, 6.07) is 8.05. The average Bonchev–Trinajstić information content (AvgIpc) is 2.72. The monoisotopic (exact) mass is 294 g/mol. The van der Waals surface area contributed by atoms with E-state index >= 15 is 0 Å². The number of hydrazine groups is 1. The van der Waals surface area contributed by atoms with Crippen molar-refractivity contribution in [3.63, 3.8) is 0 Å². The molecule has 90 valence electrons. The van der Waals surface area contributed by atoms with E-state index in [1.54, 1.807) is 6.26 Å². The van der Waals surface area contributed by atoms with Crippen molar-refractivity contribution in [3.05, 3.63) is 57.5 Å². The first-order valence-electron chi connectivity index (χ1n) is 5.40. The van der Waals surface area contributed by atoms with Crippen molar-refractivity contribution in [2.24, 2.45) is 5.84 Å². The largest absolute Gasteiger partial charge is 0.457 e. The Kier molecular flexibility index (Phi) is 3.66. The van der Waals surface area contributed by atoms with E-state index in [2.05, 4.69) is 47.3 Å². The molecule has 0 amide bonds. The van der Waals surface area contributed by atoms with E-state index in [-0.39, 0.29) is 6.04 Å². The number of aryl methyl sites for hydroxylation is 1. The molecular formula is C13H15BrN2O. The summed E-state index contributed by atoms with van der Waals surface area (Å²) in [5.41, 5.74) is 7.49. The van der Waals surface area contributed by atoms with Crippen LogP contribution >= 0.6 is 15.9 Å². The minimum Gasteiger partial charge on any atom is -0.457 e. The lowest BCUT2D eigenvalue weighted by molar-refractivity contribution is 0.526. The van der Waals surface area contributed by atoms with Crippen LogP contribution < -0.4 is 11.3 Å². The van der Waals surface area contributed by atoms with Gasteiger partial charge in [0.1, 0.15) is 0 Å². The van der Waals surface area contributed by atoms with Crippen LogP contribution in [-0.2, 0) is 0 Å². The Morgan fingerprint density at radius 2 is 2.00 bits per heavy atom. The second-order valence-corrected chi connectivity index (χ2v) is 4.76. The third-order valence-corrected chi connectivity index (χ3v) is 3.73. The third kappa shape index (κ3) is 2.29. The van der Waals surface area contributed by atoms with Crippen molar-refractivity contribution in [2.45, 2.75) is 19.9 Å². The van der Waals surface area contributed by atoms with Crippen molar-refractivity contribution in [3.8, 4) is 0 Å². The molecule has 1 atom stereocenters. The molecule has 0 aliphatic heterocycles. The number of halogens is 1. The fourth-order valence-corrected chi connectivity index (χ4v) is 2.41. The van der Waals surface area contributed by atoms with E-state index in [9.17, 15) is 0 Å². The van der Waals surface area contributed by atoms with Gasteiger partial charge in [0.15, 0.2) is 4.67 Å². The lowest BCUT2D eigenvalue weighted by Gasteiger charge is -2.18. The Bertz CT molecular complexity index is 522. The lowest BCUT2D eigenvalue weighted by Crippen LogP contribution is -2.29. The van der Waals surface area contributed by atoms with E-state index in [0.717, 1.165) is 11.1 Å². The van der Waals surface area contributed by atoms with E-state index in [1.807, 2.05) is 12.1 Å². The molecule has 0 radical (unpaired) electrons. The Morgan fingerprint density at radius 1 is 1.24 bits per heavy atom. The van der Waals surface area contributed by atoms with Crippen LogP contribution in [-0.4, -0.2) is 0 Å². The first kappa shape index (κ1) is 12.4. The number of nitrogens with one attached hydrogen (secondary N) is 1. The average molecular weight is 295 g/mol. The molecule has 3 nitrogen and oxygen atoms in total. The molecule has 2 rings (SSSR count). The van der Waals surface area contributed by atoms with Crippen molar-refractivity contribution in [1.82, 2.24) is 5.43 Å². The number of hydrogen-bond acceptors (Lipinski definition) is 3. The highest BCUT2D eigenvalue weighted by Gasteiger charge is 2.19. The maximum atomic E-state index is 5.67. The summed E-state index contributed by atoms with van der Waals surface area (Å²) in [5, 5.41) is 0. The molecule has 1 aromatic carbocycles. The molecular weight excluding hydrogens is 280 g/mol. The molecule has 0 saturated heterocycles. The number of benzene rings is 1. The predicted octanol–water partition coefficient (Wildman–Crippen LogP) is 3.21. The molecule has 17 heavy (non-hydrogen) atoms. The second kappa shape index (κ2) is 5.04. The van der Waals surface area contributed by atoms with Gasteiger partial charge in [0, 0.05) is 5.56 Å². The van der Waals surface area contributed by atoms with Crippen LogP contribution in [0, 0.1) is 13.8 Å². The quantitative estimate of drug-likeness (QED) is 0.675. The molecule has 0 bridgehead atoms. The van der Waals surface area contributed by atoms with Gasteiger partial charge in [0.25, 0.3) is 0 Å². The number of rotatable bonds is 3. The summed E-state index contributed by atoms with van der Waals surface area (Å²) in [6.45, 7) is 4.19. The minimum atomic E-state index is -0.0666. The van der Waals surface area contributed by atoms with Crippen LogP contribution in [0.15, 0.2) is 39.6 Å². The molecule has 0 fully saturated rings. The molecule has 3 N–H and O–H groups in total. The predicted molar refractivity (Wildman–Crippen MR) is 71.5 cm³/mol. The lowest BCUT2D eigenvalue weighted by atomic mass is 9.94. The van der Waals surface area contributed by atoms with Gasteiger partial charge in [-0.1, -0.05) is 18.2 Å². The second-order valence-electron chi connectivity index (χ2n) is 4.04. The third-order valence-electron chi connectivity index (χ3n) is 3.08. The minimum absolute atomic E-state index is 0.0666. The smallest absolute Gasteiger partial charge is 0.174 e. The van der Waals surface area contributed by atoms with Crippen LogP contribution in [0.5, 0.6) is 0 Å². The summed E-state index contributed by atoms with van der Waals surface area (Å²) in [4.78, 5) is 0. The zero-order valence-electron chi connectivity index (χ0n) is 9.83. The zero-order chi connectivity index (χ0) is 12.4. The van der Waals surface area contributed by atoms with Crippen molar-refractivity contribution < 1.29 is 4.42 Å². The van der Waals surface area contributed by atoms with Crippen molar-refractivity contribution in [2.75, 3.05) is 0 Å². The van der Waals surface area contributed by atoms with E-state index < -0.39 is 0 Å². The molecule has 0 saturated carbocycles. The molecule has 1 aromatic heterocycles. The number of nitrogens with two attached hydrogens (primary N) is 1. The van der Waals surface area contributed by atoms with Gasteiger partial charge in [-0.3, -0.25) is 5.84 Å². The van der Waals surface area contributed by atoms with Crippen LogP contribution in [0.3, 0.4) is 0 Å². The topological polar surface area (TPSA) is 51.2 Å². The Balaban J connectivity index is 2.50.